The smallest absolute Gasteiger partial charge is 0.228 e. The number of nitrogens with two attached hydrogens (primary N) is 2. The van der Waals surface area contributed by atoms with Crippen molar-refractivity contribution >= 4 is 21.3 Å². The Balaban J connectivity index is 2.38. The Hall–Kier alpha value is -0.940. The summed E-state index contributed by atoms with van der Waals surface area (Å²) in [5.41, 5.74) is 11.3. The molecule has 1 aliphatic heterocycles. The van der Waals surface area contributed by atoms with Crippen LogP contribution in [0.3, 0.4) is 0 Å². The Labute approximate surface area is 74.7 Å². The van der Waals surface area contributed by atoms with Crippen LogP contribution in [0.5, 0.6) is 5.75 Å². The summed E-state index contributed by atoms with van der Waals surface area (Å²) >= 11 is 1.51. The van der Waals surface area contributed by atoms with Crippen LogP contribution in [0, 0.1) is 0 Å². The van der Waals surface area contributed by atoms with Crippen LogP contribution in [0.2, 0.25) is 0 Å². The summed E-state index contributed by atoms with van der Waals surface area (Å²) in [5.74, 6) is 0.812. The molecular weight excluding hydrogens is 174 g/mol. The highest BCUT2D eigenvalue weighted by Crippen LogP contribution is 2.44. The maximum absolute atomic E-state index is 5.70. The predicted octanol–water partition coefficient (Wildman–Crippen LogP) is 0.791. The fraction of sp³-hybridized carbons (Fsp3) is 0.429. The molecule has 12 heavy (non-hydrogen) atoms. The summed E-state index contributed by atoms with van der Waals surface area (Å²) < 4.78 is 5.37. The molecule has 0 spiro atoms. The van der Waals surface area contributed by atoms with E-state index in [1.54, 1.807) is 0 Å². The van der Waals surface area contributed by atoms with Gasteiger partial charge < -0.3 is 15.4 Å². The minimum atomic E-state index is -0.336. The average molecular weight is 185 g/mol. The molecule has 4 N–H and O–H groups in total. The molecule has 0 radical (unpaired) electrons. The maximum atomic E-state index is 5.70. The van der Waals surface area contributed by atoms with E-state index in [-0.39, 0.29) is 6.35 Å². The summed E-state index contributed by atoms with van der Waals surface area (Å²) in [6.45, 7) is 2.88. The highest BCUT2D eigenvalue weighted by molar-refractivity contribution is 7.20. The predicted molar refractivity (Wildman–Crippen MR) is 50.4 cm³/mol. The second-order valence-electron chi connectivity index (χ2n) is 2.61. The van der Waals surface area contributed by atoms with Crippen molar-refractivity contribution in [2.75, 3.05) is 17.2 Å². The van der Waals surface area contributed by atoms with E-state index in [0.717, 1.165) is 22.3 Å². The Morgan fingerprint density at radius 3 is 3.17 bits per heavy atom. The minimum Gasteiger partial charge on any atom is -0.454 e. The highest BCUT2D eigenvalue weighted by atomic mass is 32.1. The molecule has 0 saturated carbocycles. The third-order valence-corrected chi connectivity index (χ3v) is 2.84. The first-order valence-electron chi connectivity index (χ1n) is 3.80. The van der Waals surface area contributed by atoms with Crippen LogP contribution in [-0.4, -0.2) is 12.9 Å². The molecule has 1 unspecified atom stereocenters. The lowest BCUT2D eigenvalue weighted by Gasteiger charge is -2.18. The maximum Gasteiger partial charge on any atom is 0.228 e. The summed E-state index contributed by atoms with van der Waals surface area (Å²) in [6, 6.07) is 1.82. The van der Waals surface area contributed by atoms with E-state index in [9.17, 15) is 0 Å². The minimum absolute atomic E-state index is 0.336. The van der Waals surface area contributed by atoms with Crippen molar-refractivity contribution in [1.29, 1.82) is 0 Å². The number of thiophene rings is 1. The average Bonchev–Trinajstić information content (AvgIpc) is 2.43. The fourth-order valence-electron chi connectivity index (χ4n) is 1.30. The molecular formula is C7H11N3OS. The number of ether oxygens (including phenoxy) is 1. The molecule has 5 heteroatoms. The number of rotatable bonds is 1. The van der Waals surface area contributed by atoms with E-state index in [4.69, 9.17) is 16.2 Å². The van der Waals surface area contributed by atoms with E-state index in [1.807, 2.05) is 17.9 Å². The van der Waals surface area contributed by atoms with E-state index in [0.29, 0.717) is 0 Å². The van der Waals surface area contributed by atoms with Crippen LogP contribution in [0.1, 0.15) is 6.92 Å². The molecule has 4 nitrogen and oxygen atoms in total. The van der Waals surface area contributed by atoms with Crippen LogP contribution in [0.15, 0.2) is 6.07 Å². The quantitative estimate of drug-likeness (QED) is 0.679. The van der Waals surface area contributed by atoms with Gasteiger partial charge in [0.05, 0.1) is 5.00 Å². The van der Waals surface area contributed by atoms with Crippen LogP contribution in [0.25, 0.3) is 0 Å². The van der Waals surface area contributed by atoms with Crippen LogP contribution in [-0.2, 0) is 0 Å². The van der Waals surface area contributed by atoms with Gasteiger partial charge in [0.25, 0.3) is 0 Å². The molecule has 0 saturated heterocycles. The summed E-state index contributed by atoms with van der Waals surface area (Å²) in [7, 11) is 0. The van der Waals surface area contributed by atoms with Crippen molar-refractivity contribution in [2.24, 2.45) is 5.73 Å². The van der Waals surface area contributed by atoms with E-state index in [1.165, 1.54) is 11.3 Å². The lowest BCUT2D eigenvalue weighted by molar-refractivity contribution is 0.233. The number of fused-ring (bicyclic) bond motifs is 1. The second-order valence-corrected chi connectivity index (χ2v) is 3.67. The largest absolute Gasteiger partial charge is 0.454 e. The SMILES string of the molecule is CCN1c2sc(N)cc2OC1N. The first-order valence-corrected chi connectivity index (χ1v) is 4.62. The number of hydrogen-bond donors (Lipinski definition) is 2. The van der Waals surface area contributed by atoms with Gasteiger partial charge >= 0.3 is 0 Å². The first-order chi connectivity index (χ1) is 5.72. The molecule has 0 fully saturated rings. The standard InChI is InChI=1S/C7H11N3OS/c1-2-10-6-4(11-7(10)9)3-5(8)12-6/h3,7H,2,8-9H2,1H3. The topological polar surface area (TPSA) is 64.5 Å². The lowest BCUT2D eigenvalue weighted by atomic mass is 10.5. The molecule has 0 bridgehead atoms. The van der Waals surface area contributed by atoms with Crippen molar-refractivity contribution in [3.8, 4) is 5.75 Å². The van der Waals surface area contributed by atoms with Crippen LogP contribution >= 0.6 is 11.3 Å². The molecule has 1 aliphatic rings. The van der Waals surface area contributed by atoms with Crippen molar-refractivity contribution in [1.82, 2.24) is 0 Å². The van der Waals surface area contributed by atoms with Gasteiger partial charge in [0, 0.05) is 12.6 Å². The molecule has 0 aliphatic carbocycles. The van der Waals surface area contributed by atoms with Crippen molar-refractivity contribution in [3.63, 3.8) is 0 Å². The van der Waals surface area contributed by atoms with Crippen LogP contribution < -0.4 is 21.1 Å². The van der Waals surface area contributed by atoms with E-state index >= 15 is 0 Å². The zero-order chi connectivity index (χ0) is 8.72. The Morgan fingerprint density at radius 1 is 1.75 bits per heavy atom. The lowest BCUT2D eigenvalue weighted by Crippen LogP contribution is -2.41. The first kappa shape index (κ1) is 7.70. The number of anilines is 2. The van der Waals surface area contributed by atoms with Crippen molar-refractivity contribution in [3.05, 3.63) is 6.07 Å². The third kappa shape index (κ3) is 0.937. The van der Waals surface area contributed by atoms with Gasteiger partial charge in [0.1, 0.15) is 5.00 Å². The number of nitrogen functional groups attached to an aromatic ring is 1. The van der Waals surface area contributed by atoms with E-state index in [2.05, 4.69) is 0 Å². The van der Waals surface area contributed by atoms with E-state index < -0.39 is 0 Å². The number of hydrogen-bond acceptors (Lipinski definition) is 5. The summed E-state index contributed by atoms with van der Waals surface area (Å²) in [4.78, 5) is 1.98. The second kappa shape index (κ2) is 2.53. The number of nitrogens with zero attached hydrogens (tertiary/aromatic N) is 1. The van der Waals surface area contributed by atoms with Gasteiger partial charge in [-0.05, 0) is 6.92 Å². The molecule has 66 valence electrons. The Morgan fingerprint density at radius 2 is 2.50 bits per heavy atom. The Kier molecular flexibility index (Phi) is 1.62. The van der Waals surface area contributed by atoms with Gasteiger partial charge in [0.15, 0.2) is 5.75 Å². The van der Waals surface area contributed by atoms with Gasteiger partial charge in [-0.15, -0.1) is 0 Å². The summed E-state index contributed by atoms with van der Waals surface area (Å²) in [5, 5.41) is 1.81. The van der Waals surface area contributed by atoms with Gasteiger partial charge in [-0.3, -0.25) is 5.73 Å². The third-order valence-electron chi connectivity index (χ3n) is 1.86. The molecule has 0 amide bonds. The van der Waals surface area contributed by atoms with Crippen molar-refractivity contribution in [2.45, 2.75) is 13.3 Å². The zero-order valence-corrected chi connectivity index (χ0v) is 7.60. The van der Waals surface area contributed by atoms with Gasteiger partial charge in [-0.2, -0.15) is 0 Å². The van der Waals surface area contributed by atoms with Crippen LogP contribution in [0.4, 0.5) is 10.0 Å². The molecule has 0 aromatic carbocycles. The zero-order valence-electron chi connectivity index (χ0n) is 6.78. The molecule has 1 aromatic rings. The van der Waals surface area contributed by atoms with Crippen molar-refractivity contribution < 1.29 is 4.74 Å². The normalized spacial score (nSPS) is 20.8. The molecule has 1 aromatic heterocycles. The molecule has 1 atom stereocenters. The van der Waals surface area contributed by atoms with Gasteiger partial charge in [-0.25, -0.2) is 0 Å². The highest BCUT2D eigenvalue weighted by Gasteiger charge is 2.28. The molecule has 2 rings (SSSR count). The summed E-state index contributed by atoms with van der Waals surface area (Å²) in [6.07, 6.45) is -0.336. The monoisotopic (exact) mass is 185 g/mol. The Bertz CT molecular complexity index is 299. The van der Waals surface area contributed by atoms with Gasteiger partial charge in [-0.1, -0.05) is 11.3 Å². The fourth-order valence-corrected chi connectivity index (χ4v) is 2.25. The molecule has 2 heterocycles. The van der Waals surface area contributed by atoms with Gasteiger partial charge in [0.2, 0.25) is 6.35 Å².